The number of halogens is 1. The molecule has 23 heavy (non-hydrogen) atoms. The van der Waals surface area contributed by atoms with E-state index >= 15 is 0 Å². The standard InChI is InChI=1S/C18H13FN4/c1-11-22-17(12-2-5-14(19)6-3-12)18(23-11)13-4-7-15-16(10-13)21-9-8-20-15/h2-10H,1H3,(H,22,23). The largest absolute Gasteiger partial charge is 0.342 e. The second-order valence-corrected chi connectivity index (χ2v) is 5.31. The highest BCUT2D eigenvalue weighted by atomic mass is 19.1. The average molecular weight is 304 g/mol. The predicted molar refractivity (Wildman–Crippen MR) is 87.3 cm³/mol. The van der Waals surface area contributed by atoms with Gasteiger partial charge in [0.15, 0.2) is 0 Å². The van der Waals surface area contributed by atoms with Gasteiger partial charge in [-0.2, -0.15) is 0 Å². The summed E-state index contributed by atoms with van der Waals surface area (Å²) in [7, 11) is 0. The van der Waals surface area contributed by atoms with E-state index in [4.69, 9.17) is 0 Å². The first-order valence-electron chi connectivity index (χ1n) is 7.24. The third-order valence-corrected chi connectivity index (χ3v) is 3.70. The van der Waals surface area contributed by atoms with Gasteiger partial charge in [0.05, 0.1) is 22.4 Å². The van der Waals surface area contributed by atoms with Crippen LogP contribution in [0.1, 0.15) is 5.82 Å². The molecule has 0 spiro atoms. The first kappa shape index (κ1) is 13.6. The van der Waals surface area contributed by atoms with E-state index in [1.807, 2.05) is 25.1 Å². The molecule has 0 aliphatic carbocycles. The lowest BCUT2D eigenvalue weighted by Gasteiger charge is -2.04. The molecule has 2 heterocycles. The van der Waals surface area contributed by atoms with Crippen LogP contribution < -0.4 is 0 Å². The van der Waals surface area contributed by atoms with E-state index < -0.39 is 0 Å². The van der Waals surface area contributed by atoms with Crippen molar-refractivity contribution in [2.75, 3.05) is 0 Å². The van der Waals surface area contributed by atoms with Gasteiger partial charge in [0, 0.05) is 23.5 Å². The minimum atomic E-state index is -0.257. The highest BCUT2D eigenvalue weighted by Gasteiger charge is 2.13. The lowest BCUT2D eigenvalue weighted by molar-refractivity contribution is 0.628. The van der Waals surface area contributed by atoms with Crippen molar-refractivity contribution in [3.05, 3.63) is 66.5 Å². The zero-order valence-corrected chi connectivity index (χ0v) is 12.4. The second kappa shape index (κ2) is 5.28. The average Bonchev–Trinajstić information content (AvgIpc) is 2.97. The van der Waals surface area contributed by atoms with Crippen LogP contribution in [-0.4, -0.2) is 19.9 Å². The molecule has 112 valence electrons. The van der Waals surface area contributed by atoms with Crippen LogP contribution in [0.2, 0.25) is 0 Å². The number of imidazole rings is 1. The SMILES string of the molecule is Cc1nc(-c2ccc3nccnc3c2)c(-c2ccc(F)cc2)[nH]1. The summed E-state index contributed by atoms with van der Waals surface area (Å²) < 4.78 is 13.2. The maximum Gasteiger partial charge on any atom is 0.123 e. The van der Waals surface area contributed by atoms with Crippen LogP contribution in [0.3, 0.4) is 0 Å². The summed E-state index contributed by atoms with van der Waals surface area (Å²) in [5.74, 6) is 0.547. The summed E-state index contributed by atoms with van der Waals surface area (Å²) in [4.78, 5) is 16.5. The van der Waals surface area contributed by atoms with Gasteiger partial charge >= 0.3 is 0 Å². The Morgan fingerprint density at radius 3 is 2.35 bits per heavy atom. The lowest BCUT2D eigenvalue weighted by Crippen LogP contribution is -1.87. The molecule has 1 N–H and O–H groups in total. The number of fused-ring (bicyclic) bond motifs is 1. The Kier molecular flexibility index (Phi) is 3.12. The summed E-state index contributed by atoms with van der Waals surface area (Å²) in [6.07, 6.45) is 3.34. The molecule has 0 bridgehead atoms. The number of nitrogens with one attached hydrogen (secondary N) is 1. The van der Waals surface area contributed by atoms with E-state index in [-0.39, 0.29) is 5.82 Å². The first-order valence-corrected chi connectivity index (χ1v) is 7.24. The number of nitrogens with zero attached hydrogens (tertiary/aromatic N) is 3. The fraction of sp³-hybridized carbons (Fsp3) is 0.0556. The Morgan fingerprint density at radius 1 is 0.870 bits per heavy atom. The zero-order chi connectivity index (χ0) is 15.8. The Bertz CT molecular complexity index is 990. The fourth-order valence-corrected chi connectivity index (χ4v) is 2.64. The summed E-state index contributed by atoms with van der Waals surface area (Å²) >= 11 is 0. The number of benzene rings is 2. The fourth-order valence-electron chi connectivity index (χ4n) is 2.64. The highest BCUT2D eigenvalue weighted by molar-refractivity contribution is 5.85. The molecule has 0 saturated heterocycles. The van der Waals surface area contributed by atoms with E-state index in [2.05, 4.69) is 19.9 Å². The van der Waals surface area contributed by atoms with Crippen LogP contribution in [0.25, 0.3) is 33.5 Å². The molecular weight excluding hydrogens is 291 g/mol. The van der Waals surface area contributed by atoms with Crippen molar-refractivity contribution >= 4 is 11.0 Å². The molecule has 4 aromatic rings. The number of hydrogen-bond donors (Lipinski definition) is 1. The molecule has 0 aliphatic heterocycles. The highest BCUT2D eigenvalue weighted by Crippen LogP contribution is 2.31. The molecule has 2 aromatic heterocycles. The van der Waals surface area contributed by atoms with Gasteiger partial charge in [0.1, 0.15) is 11.6 Å². The van der Waals surface area contributed by atoms with Crippen LogP contribution in [0, 0.1) is 12.7 Å². The van der Waals surface area contributed by atoms with Gasteiger partial charge in [-0.25, -0.2) is 9.37 Å². The number of H-pyrrole nitrogens is 1. The topological polar surface area (TPSA) is 54.5 Å². The van der Waals surface area contributed by atoms with Gasteiger partial charge in [0.25, 0.3) is 0 Å². The van der Waals surface area contributed by atoms with Crippen LogP contribution in [0.15, 0.2) is 54.9 Å². The third-order valence-electron chi connectivity index (χ3n) is 3.70. The lowest BCUT2D eigenvalue weighted by atomic mass is 10.0. The Morgan fingerprint density at radius 2 is 1.57 bits per heavy atom. The Labute approximate surface area is 132 Å². The number of rotatable bonds is 2. The van der Waals surface area contributed by atoms with Gasteiger partial charge in [-0.15, -0.1) is 0 Å². The van der Waals surface area contributed by atoms with Gasteiger partial charge in [-0.1, -0.05) is 6.07 Å². The van der Waals surface area contributed by atoms with E-state index in [0.717, 1.165) is 39.4 Å². The summed E-state index contributed by atoms with van der Waals surface area (Å²) in [6.45, 7) is 1.90. The summed E-state index contributed by atoms with van der Waals surface area (Å²) in [5, 5.41) is 0. The predicted octanol–water partition coefficient (Wildman–Crippen LogP) is 4.13. The Balaban J connectivity index is 1.89. The molecule has 0 saturated carbocycles. The number of aromatic amines is 1. The van der Waals surface area contributed by atoms with Crippen molar-refractivity contribution in [1.82, 2.24) is 19.9 Å². The van der Waals surface area contributed by atoms with Gasteiger partial charge in [0.2, 0.25) is 0 Å². The van der Waals surface area contributed by atoms with Crippen LogP contribution in [0.4, 0.5) is 4.39 Å². The maximum absolute atomic E-state index is 13.2. The molecule has 0 fully saturated rings. The molecule has 0 radical (unpaired) electrons. The van der Waals surface area contributed by atoms with E-state index in [1.165, 1.54) is 12.1 Å². The first-order chi connectivity index (χ1) is 11.2. The number of aromatic nitrogens is 4. The minimum absolute atomic E-state index is 0.257. The normalized spacial score (nSPS) is 11.0. The smallest absolute Gasteiger partial charge is 0.123 e. The number of hydrogen-bond acceptors (Lipinski definition) is 3. The summed E-state index contributed by atoms with van der Waals surface area (Å²) in [5.41, 5.74) is 5.18. The molecule has 4 rings (SSSR count). The van der Waals surface area contributed by atoms with Gasteiger partial charge in [-0.3, -0.25) is 9.97 Å². The third kappa shape index (κ3) is 2.46. The molecule has 0 aliphatic rings. The van der Waals surface area contributed by atoms with Crippen molar-refractivity contribution in [2.45, 2.75) is 6.92 Å². The maximum atomic E-state index is 13.2. The molecular formula is C18H13FN4. The minimum Gasteiger partial charge on any atom is -0.342 e. The van der Waals surface area contributed by atoms with Crippen molar-refractivity contribution in [3.63, 3.8) is 0 Å². The quantitative estimate of drug-likeness (QED) is 0.605. The van der Waals surface area contributed by atoms with Gasteiger partial charge in [-0.05, 0) is 43.3 Å². The van der Waals surface area contributed by atoms with Crippen molar-refractivity contribution < 1.29 is 4.39 Å². The monoisotopic (exact) mass is 304 g/mol. The second-order valence-electron chi connectivity index (χ2n) is 5.31. The van der Waals surface area contributed by atoms with Crippen molar-refractivity contribution in [3.8, 4) is 22.5 Å². The molecule has 0 amide bonds. The van der Waals surface area contributed by atoms with Crippen LogP contribution in [0.5, 0.6) is 0 Å². The van der Waals surface area contributed by atoms with Gasteiger partial charge < -0.3 is 4.98 Å². The molecule has 0 unspecified atom stereocenters. The summed E-state index contributed by atoms with van der Waals surface area (Å²) in [6, 6.07) is 12.2. The van der Waals surface area contributed by atoms with E-state index in [1.54, 1.807) is 24.5 Å². The Hall–Kier alpha value is -3.08. The van der Waals surface area contributed by atoms with E-state index in [9.17, 15) is 4.39 Å². The molecule has 2 aromatic carbocycles. The van der Waals surface area contributed by atoms with E-state index in [0.29, 0.717) is 0 Å². The van der Waals surface area contributed by atoms with Crippen LogP contribution >= 0.6 is 0 Å². The molecule has 0 atom stereocenters. The molecule has 4 nitrogen and oxygen atoms in total. The number of aryl methyl sites for hydroxylation is 1. The van der Waals surface area contributed by atoms with Crippen molar-refractivity contribution in [1.29, 1.82) is 0 Å². The van der Waals surface area contributed by atoms with Crippen LogP contribution in [-0.2, 0) is 0 Å². The van der Waals surface area contributed by atoms with Crippen molar-refractivity contribution in [2.24, 2.45) is 0 Å². The zero-order valence-electron chi connectivity index (χ0n) is 12.4. The molecule has 5 heteroatoms.